The second kappa shape index (κ2) is 18.4. The van der Waals surface area contributed by atoms with Gasteiger partial charge < -0.3 is 34.4 Å². The molecule has 10 heteroatoms. The second-order valence-electron chi connectivity index (χ2n) is 15.3. The summed E-state index contributed by atoms with van der Waals surface area (Å²) in [6, 6.07) is 8.21. The lowest BCUT2D eigenvalue weighted by Gasteiger charge is -2.47. The molecule has 1 saturated heterocycles. The Morgan fingerprint density at radius 3 is 2.26 bits per heavy atom. The van der Waals surface area contributed by atoms with Gasteiger partial charge in [0.25, 0.3) is 0 Å². The lowest BCUT2D eigenvalue weighted by molar-refractivity contribution is -0.295. The number of rotatable bonds is 8. The SMILES string of the molecule is CC[C@H]1OC(=O)C[C@@H](O)[C@H](C)[C@@H](O[C@@H]2O[C@H](C)[C@@H](C)[C@H](N(C)C)[C@H]2O)[C@@H](CCN2Cc3ccccc3C2)C[C@@H](C)C(=O)/C=C/C(C)=C/[C@@H]1CO. The first-order valence-corrected chi connectivity index (χ1v) is 18.6. The second-order valence-corrected chi connectivity index (χ2v) is 15.3. The predicted octanol–water partition coefficient (Wildman–Crippen LogP) is 4.49. The van der Waals surface area contributed by atoms with Crippen molar-refractivity contribution in [2.45, 2.75) is 123 Å². The van der Waals surface area contributed by atoms with Crippen molar-refractivity contribution in [3.63, 3.8) is 0 Å². The minimum absolute atomic E-state index is 0.0292. The number of aliphatic hydroxyl groups excluding tert-OH is 3. The molecule has 3 aliphatic rings. The van der Waals surface area contributed by atoms with E-state index in [0.29, 0.717) is 19.3 Å². The summed E-state index contributed by atoms with van der Waals surface area (Å²) in [5.74, 6) is -2.16. The van der Waals surface area contributed by atoms with Crippen molar-refractivity contribution in [3.05, 3.63) is 59.2 Å². The third-order valence-electron chi connectivity index (χ3n) is 11.3. The number of cyclic esters (lactones) is 1. The molecule has 1 aromatic rings. The smallest absolute Gasteiger partial charge is 0.308 e. The van der Waals surface area contributed by atoms with Gasteiger partial charge in [-0.25, -0.2) is 0 Å². The van der Waals surface area contributed by atoms with E-state index in [2.05, 4.69) is 36.1 Å². The van der Waals surface area contributed by atoms with Crippen LogP contribution in [0, 0.1) is 29.6 Å². The summed E-state index contributed by atoms with van der Waals surface area (Å²) in [6.45, 7) is 13.7. The maximum atomic E-state index is 13.6. The zero-order chi connectivity index (χ0) is 36.7. The van der Waals surface area contributed by atoms with Crippen molar-refractivity contribution in [3.8, 4) is 0 Å². The summed E-state index contributed by atoms with van der Waals surface area (Å²) in [4.78, 5) is 31.3. The number of benzene rings is 1. The Morgan fingerprint density at radius 2 is 1.66 bits per heavy atom. The van der Waals surface area contributed by atoms with Gasteiger partial charge in [-0.15, -0.1) is 0 Å². The van der Waals surface area contributed by atoms with Gasteiger partial charge >= 0.3 is 5.97 Å². The lowest BCUT2D eigenvalue weighted by Crippen LogP contribution is -2.60. The molecule has 50 heavy (non-hydrogen) atoms. The van der Waals surface area contributed by atoms with Crippen LogP contribution in [0.2, 0.25) is 0 Å². The molecule has 1 fully saturated rings. The number of likely N-dealkylation sites (N-methyl/N-ethyl adjacent to an activating group) is 1. The molecule has 0 unspecified atom stereocenters. The number of hydrogen-bond acceptors (Lipinski definition) is 10. The van der Waals surface area contributed by atoms with E-state index in [1.807, 2.05) is 59.7 Å². The number of hydrogen-bond donors (Lipinski definition) is 3. The van der Waals surface area contributed by atoms with E-state index in [4.69, 9.17) is 14.2 Å². The fourth-order valence-electron chi connectivity index (χ4n) is 8.08. The molecule has 4 rings (SSSR count). The highest BCUT2D eigenvalue weighted by atomic mass is 16.7. The zero-order valence-corrected chi connectivity index (χ0v) is 31.4. The van der Waals surface area contributed by atoms with Crippen LogP contribution in [0.25, 0.3) is 0 Å². The number of carbonyl (C=O) groups excluding carboxylic acids is 2. The Balaban J connectivity index is 1.70. The molecule has 3 heterocycles. The van der Waals surface area contributed by atoms with E-state index in [1.165, 1.54) is 11.1 Å². The Bertz CT molecular complexity index is 1310. The van der Waals surface area contributed by atoms with Gasteiger partial charge in [-0.3, -0.25) is 14.5 Å². The number of ether oxygens (including phenoxy) is 3. The fraction of sp³-hybridized carbons (Fsp3) is 0.700. The van der Waals surface area contributed by atoms with Crippen molar-refractivity contribution in [2.75, 3.05) is 27.2 Å². The monoisotopic (exact) mass is 698 g/mol. The third kappa shape index (κ3) is 10.1. The molecular formula is C40H62N2O8. The Morgan fingerprint density at radius 1 is 1.00 bits per heavy atom. The lowest BCUT2D eigenvalue weighted by atomic mass is 9.79. The van der Waals surface area contributed by atoms with Crippen LogP contribution in [0.4, 0.5) is 0 Å². The highest BCUT2D eigenvalue weighted by Crippen LogP contribution is 2.36. The molecule has 280 valence electrons. The number of esters is 1. The minimum atomic E-state index is -1.13. The Hall–Kier alpha value is -2.44. The molecule has 0 saturated carbocycles. The van der Waals surface area contributed by atoms with E-state index in [9.17, 15) is 24.9 Å². The highest BCUT2D eigenvalue weighted by molar-refractivity contribution is 5.91. The van der Waals surface area contributed by atoms with E-state index in [-0.39, 0.29) is 48.7 Å². The minimum Gasteiger partial charge on any atom is -0.462 e. The summed E-state index contributed by atoms with van der Waals surface area (Å²) in [5, 5.41) is 33.5. The number of fused-ring (bicyclic) bond motifs is 1. The number of allylic oxidation sites excluding steroid dienone is 3. The van der Waals surface area contributed by atoms with Crippen molar-refractivity contribution in [2.24, 2.45) is 29.6 Å². The summed E-state index contributed by atoms with van der Waals surface area (Å²) in [6.07, 6.45) is 2.01. The first-order chi connectivity index (χ1) is 23.7. The number of nitrogens with zero attached hydrogens (tertiary/aromatic N) is 2. The van der Waals surface area contributed by atoms with Gasteiger partial charge in [-0.05, 0) is 76.9 Å². The van der Waals surface area contributed by atoms with Gasteiger partial charge in [0.15, 0.2) is 12.1 Å². The normalized spacial score (nSPS) is 38.4. The fourth-order valence-corrected chi connectivity index (χ4v) is 8.08. The third-order valence-corrected chi connectivity index (χ3v) is 11.3. The largest absolute Gasteiger partial charge is 0.462 e. The van der Waals surface area contributed by atoms with Gasteiger partial charge in [0, 0.05) is 42.8 Å². The summed E-state index contributed by atoms with van der Waals surface area (Å²) in [5.41, 5.74) is 3.40. The van der Waals surface area contributed by atoms with Crippen LogP contribution in [0.3, 0.4) is 0 Å². The molecule has 3 aliphatic heterocycles. The number of carbonyl (C=O) groups is 2. The van der Waals surface area contributed by atoms with Crippen LogP contribution in [0.15, 0.2) is 48.1 Å². The van der Waals surface area contributed by atoms with E-state index >= 15 is 0 Å². The van der Waals surface area contributed by atoms with Gasteiger partial charge in [-0.1, -0.05) is 69.7 Å². The summed E-state index contributed by atoms with van der Waals surface area (Å²) >= 11 is 0. The van der Waals surface area contributed by atoms with E-state index in [0.717, 1.165) is 25.2 Å². The average molecular weight is 699 g/mol. The Labute approximate surface area is 299 Å². The van der Waals surface area contributed by atoms with Gasteiger partial charge in [-0.2, -0.15) is 0 Å². The van der Waals surface area contributed by atoms with Crippen molar-refractivity contribution >= 4 is 11.8 Å². The molecule has 0 aliphatic carbocycles. The molecule has 3 N–H and O–H groups in total. The first-order valence-electron chi connectivity index (χ1n) is 18.6. The molecule has 12 atom stereocenters. The zero-order valence-electron chi connectivity index (χ0n) is 31.4. The molecule has 0 radical (unpaired) electrons. The number of aliphatic hydroxyl groups is 3. The quantitative estimate of drug-likeness (QED) is 0.334. The molecule has 0 bridgehead atoms. The van der Waals surface area contributed by atoms with E-state index < -0.39 is 48.5 Å². The molecule has 0 spiro atoms. The maximum absolute atomic E-state index is 13.6. The molecule has 1 aromatic carbocycles. The van der Waals surface area contributed by atoms with Crippen LogP contribution >= 0.6 is 0 Å². The molecule has 0 amide bonds. The van der Waals surface area contributed by atoms with Gasteiger partial charge in [0.2, 0.25) is 0 Å². The maximum Gasteiger partial charge on any atom is 0.308 e. The summed E-state index contributed by atoms with van der Waals surface area (Å²) in [7, 11) is 3.87. The standard InChI is InChI=1S/C40H62N2O8/c1-9-35-32(23-43)18-24(2)14-15-33(44)25(3)19-29(16-17-42-21-30-12-10-11-13-31(30)22-42)39(27(5)34(45)20-36(46)49-35)50-40-38(47)37(41(7)8)26(4)28(6)48-40/h10-15,18,25-29,32,34-35,37-40,43,45,47H,9,16-17,19-23H2,1-8H3/b15-14+,24-18+/t25-,26-,27+,28-,29+,32-,34-,35-,37+,38-,39-,40+/m1/s1. The van der Waals surface area contributed by atoms with Crippen LogP contribution in [0.1, 0.15) is 78.4 Å². The van der Waals surface area contributed by atoms with Crippen LogP contribution in [-0.2, 0) is 36.9 Å². The first kappa shape index (κ1) is 40.3. The van der Waals surface area contributed by atoms with Gasteiger partial charge in [0.05, 0.1) is 31.3 Å². The topological polar surface area (TPSA) is 129 Å². The molecule has 0 aromatic heterocycles. The van der Waals surface area contributed by atoms with Gasteiger partial charge in [0.1, 0.15) is 12.2 Å². The number of ketones is 1. The van der Waals surface area contributed by atoms with Crippen molar-refractivity contribution in [1.29, 1.82) is 0 Å². The molecular weight excluding hydrogens is 636 g/mol. The average Bonchev–Trinajstić information content (AvgIpc) is 3.50. The molecule has 10 nitrogen and oxygen atoms in total. The van der Waals surface area contributed by atoms with Crippen LogP contribution < -0.4 is 0 Å². The van der Waals surface area contributed by atoms with Crippen molar-refractivity contribution < 1.29 is 39.1 Å². The van der Waals surface area contributed by atoms with Crippen molar-refractivity contribution in [1.82, 2.24) is 9.80 Å². The summed E-state index contributed by atoms with van der Waals surface area (Å²) < 4.78 is 19.0. The van der Waals surface area contributed by atoms with E-state index in [1.54, 1.807) is 12.2 Å². The van der Waals surface area contributed by atoms with Crippen LogP contribution in [0.5, 0.6) is 0 Å². The highest BCUT2D eigenvalue weighted by Gasteiger charge is 2.46. The predicted molar refractivity (Wildman–Crippen MR) is 193 cm³/mol. The van der Waals surface area contributed by atoms with Crippen LogP contribution in [-0.4, -0.2) is 107 Å². The Kier molecular flexibility index (Phi) is 14.8.